The maximum Gasteiger partial charge on any atom is 0.323 e. The summed E-state index contributed by atoms with van der Waals surface area (Å²) in [5.74, 6) is -1.13. The Labute approximate surface area is 131 Å². The second kappa shape index (κ2) is 5.32. The van der Waals surface area contributed by atoms with E-state index in [9.17, 15) is 14.7 Å². The minimum Gasteiger partial charge on any atom is -0.480 e. The molecule has 3 rings (SSSR count). The van der Waals surface area contributed by atoms with Gasteiger partial charge < -0.3 is 26.2 Å². The van der Waals surface area contributed by atoms with Crippen LogP contribution >= 0.6 is 0 Å². The number of aliphatic hydroxyl groups excluding tert-OH is 1. The third kappa shape index (κ3) is 2.26. The summed E-state index contributed by atoms with van der Waals surface area (Å²) in [6, 6.07) is -1.97. The molecule has 0 saturated carbocycles. The zero-order chi connectivity index (χ0) is 16.9. The Balaban J connectivity index is 1.97. The van der Waals surface area contributed by atoms with Crippen molar-refractivity contribution in [3.8, 4) is 0 Å². The first kappa shape index (κ1) is 15.4. The second-order valence-corrected chi connectivity index (χ2v) is 5.70. The third-order valence-electron chi connectivity index (χ3n) is 4.24. The number of fused-ring (bicyclic) bond motifs is 2. The predicted molar refractivity (Wildman–Crippen MR) is 80.5 cm³/mol. The van der Waals surface area contributed by atoms with E-state index in [4.69, 9.17) is 10.8 Å². The van der Waals surface area contributed by atoms with Gasteiger partial charge in [-0.15, -0.1) is 0 Å². The Bertz CT molecular complexity index is 699. The van der Waals surface area contributed by atoms with Gasteiger partial charge in [-0.3, -0.25) is 14.2 Å². The lowest BCUT2D eigenvalue weighted by atomic mass is 10.0. The van der Waals surface area contributed by atoms with Gasteiger partial charge in [-0.05, 0) is 6.92 Å². The van der Waals surface area contributed by atoms with Crippen LogP contribution in [-0.2, 0) is 11.2 Å². The van der Waals surface area contributed by atoms with Gasteiger partial charge >= 0.3 is 5.97 Å². The van der Waals surface area contributed by atoms with Gasteiger partial charge in [0, 0.05) is 13.5 Å². The zero-order valence-electron chi connectivity index (χ0n) is 12.7. The van der Waals surface area contributed by atoms with Crippen LogP contribution in [0.1, 0.15) is 16.2 Å². The number of hydrogen-bond acceptors (Lipinski definition) is 8. The summed E-state index contributed by atoms with van der Waals surface area (Å²) in [5, 5.41) is 21.8. The number of aromatic nitrogens is 2. The van der Waals surface area contributed by atoms with Crippen LogP contribution in [0.4, 0.5) is 5.95 Å². The molecule has 4 atom stereocenters. The van der Waals surface area contributed by atoms with Crippen LogP contribution in [0.25, 0.3) is 0 Å². The smallest absolute Gasteiger partial charge is 0.323 e. The average Bonchev–Trinajstić information content (AvgIpc) is 3.10. The maximum atomic E-state index is 12.7. The number of aliphatic imine (C=N–C) groups is 1. The Morgan fingerprint density at radius 3 is 2.91 bits per heavy atom. The molecule has 3 heterocycles. The molecule has 0 bridgehead atoms. The Morgan fingerprint density at radius 1 is 1.57 bits per heavy atom. The highest BCUT2D eigenvalue weighted by atomic mass is 16.4. The highest BCUT2D eigenvalue weighted by molar-refractivity contribution is 5.94. The maximum absolute atomic E-state index is 12.7. The van der Waals surface area contributed by atoms with Crippen molar-refractivity contribution in [1.29, 1.82) is 0 Å². The topological polar surface area (TPSA) is 146 Å². The quantitative estimate of drug-likeness (QED) is 0.494. The molecule has 5 N–H and O–H groups in total. The van der Waals surface area contributed by atoms with Gasteiger partial charge in [0.1, 0.15) is 12.1 Å². The molecule has 4 unspecified atom stereocenters. The molecule has 0 saturated heterocycles. The van der Waals surface area contributed by atoms with Crippen LogP contribution in [0.5, 0.6) is 0 Å². The van der Waals surface area contributed by atoms with Gasteiger partial charge in [0.2, 0.25) is 5.95 Å². The number of aryl methyl sites for hydroxylation is 1. The number of nitrogens with one attached hydrogen (secondary N) is 1. The third-order valence-corrected chi connectivity index (χ3v) is 4.24. The van der Waals surface area contributed by atoms with Crippen molar-refractivity contribution >= 4 is 24.2 Å². The summed E-state index contributed by atoms with van der Waals surface area (Å²) in [5.41, 5.74) is 6.44. The van der Waals surface area contributed by atoms with Gasteiger partial charge in [-0.25, -0.2) is 9.98 Å². The molecule has 23 heavy (non-hydrogen) atoms. The number of carboxylic acid groups (broad SMARTS) is 1. The fourth-order valence-corrected chi connectivity index (χ4v) is 2.90. The molecule has 0 aliphatic carbocycles. The number of imidazole rings is 1. The SMILES string of the molecule is Cc1nc2n(c1CC(O)C(N)C(=O)O)C(=O)C1NC=NC1N2C. The number of carbonyl (C=O) groups excluding carboxylic acids is 1. The van der Waals surface area contributed by atoms with Gasteiger partial charge in [0.05, 0.1) is 23.8 Å². The molecule has 0 aromatic carbocycles. The Morgan fingerprint density at radius 2 is 2.26 bits per heavy atom. The molecule has 1 aromatic rings. The first-order valence-electron chi connectivity index (χ1n) is 7.12. The molecule has 0 fully saturated rings. The number of aliphatic carboxylic acids is 1. The average molecular weight is 322 g/mol. The first-order valence-corrected chi connectivity index (χ1v) is 7.12. The lowest BCUT2D eigenvalue weighted by Crippen LogP contribution is -2.55. The minimum absolute atomic E-state index is 0.0792. The van der Waals surface area contributed by atoms with Crippen LogP contribution in [0.15, 0.2) is 4.99 Å². The number of nitrogens with two attached hydrogens (primary N) is 1. The number of likely N-dealkylation sites (N-methyl/N-ethyl adjacent to an activating group) is 1. The van der Waals surface area contributed by atoms with Crippen LogP contribution in [0.3, 0.4) is 0 Å². The Hall–Kier alpha value is -2.46. The monoisotopic (exact) mass is 322 g/mol. The molecule has 2 aliphatic heterocycles. The fraction of sp³-hybridized carbons (Fsp3) is 0.538. The molecule has 10 heteroatoms. The lowest BCUT2D eigenvalue weighted by Gasteiger charge is -2.33. The molecular weight excluding hydrogens is 304 g/mol. The van der Waals surface area contributed by atoms with E-state index in [0.29, 0.717) is 17.3 Å². The van der Waals surface area contributed by atoms with Gasteiger partial charge in [-0.1, -0.05) is 0 Å². The van der Waals surface area contributed by atoms with E-state index in [1.165, 1.54) is 10.9 Å². The molecule has 1 aromatic heterocycles. The molecule has 0 spiro atoms. The molecule has 124 valence electrons. The first-order chi connectivity index (χ1) is 10.8. The number of anilines is 1. The van der Waals surface area contributed by atoms with Gasteiger partial charge in [-0.2, -0.15) is 0 Å². The number of carboxylic acids is 1. The van der Waals surface area contributed by atoms with Crippen molar-refractivity contribution in [2.45, 2.75) is 37.7 Å². The summed E-state index contributed by atoms with van der Waals surface area (Å²) in [6.07, 6.45) is -0.284. The van der Waals surface area contributed by atoms with E-state index < -0.39 is 24.2 Å². The van der Waals surface area contributed by atoms with Crippen molar-refractivity contribution < 1.29 is 19.8 Å². The summed E-state index contributed by atoms with van der Waals surface area (Å²) >= 11 is 0. The number of aliphatic hydroxyl groups is 1. The minimum atomic E-state index is -1.43. The van der Waals surface area contributed by atoms with E-state index >= 15 is 0 Å². The van der Waals surface area contributed by atoms with E-state index in [1.54, 1.807) is 18.9 Å². The van der Waals surface area contributed by atoms with Gasteiger partial charge in [0.15, 0.2) is 6.17 Å². The van der Waals surface area contributed by atoms with E-state index in [0.717, 1.165) is 0 Å². The predicted octanol–water partition coefficient (Wildman–Crippen LogP) is -2.08. The molecule has 0 radical (unpaired) electrons. The van der Waals surface area contributed by atoms with Crippen LogP contribution in [0.2, 0.25) is 0 Å². The number of carbonyl (C=O) groups is 2. The van der Waals surface area contributed by atoms with Crippen molar-refractivity contribution in [3.63, 3.8) is 0 Å². The highest BCUT2D eigenvalue weighted by Gasteiger charge is 2.43. The molecular formula is C13H18N6O4. The van der Waals surface area contributed by atoms with Crippen LogP contribution in [0, 0.1) is 6.92 Å². The van der Waals surface area contributed by atoms with E-state index in [-0.39, 0.29) is 18.5 Å². The van der Waals surface area contributed by atoms with Crippen molar-refractivity contribution in [2.75, 3.05) is 11.9 Å². The fourth-order valence-electron chi connectivity index (χ4n) is 2.90. The Kier molecular flexibility index (Phi) is 3.57. The number of hydrogen-bond donors (Lipinski definition) is 4. The van der Waals surface area contributed by atoms with Crippen molar-refractivity contribution in [3.05, 3.63) is 11.4 Å². The summed E-state index contributed by atoms with van der Waals surface area (Å²) in [4.78, 5) is 33.9. The van der Waals surface area contributed by atoms with Crippen molar-refractivity contribution in [2.24, 2.45) is 10.7 Å². The largest absolute Gasteiger partial charge is 0.480 e. The van der Waals surface area contributed by atoms with E-state index in [1.807, 2.05) is 0 Å². The summed E-state index contributed by atoms with van der Waals surface area (Å²) in [6.45, 7) is 1.70. The van der Waals surface area contributed by atoms with E-state index in [2.05, 4.69) is 15.3 Å². The zero-order valence-corrected chi connectivity index (χ0v) is 12.7. The normalized spacial score (nSPS) is 24.9. The standard InChI is InChI=1S/C13H18N6O4/c1-5-6(3-7(20)8(14)12(22)23)19-11(21)9-10(16-4-15-9)18(2)13(19)17-5/h4,7-10,20H,3,14H2,1-2H3,(H,15,16)(H,22,23). The number of rotatable bonds is 4. The second-order valence-electron chi connectivity index (χ2n) is 5.70. The van der Waals surface area contributed by atoms with Gasteiger partial charge in [0.25, 0.3) is 5.91 Å². The van der Waals surface area contributed by atoms with Crippen LogP contribution in [-0.4, -0.2) is 69.4 Å². The van der Waals surface area contributed by atoms with Crippen LogP contribution < -0.4 is 16.0 Å². The lowest BCUT2D eigenvalue weighted by molar-refractivity contribution is -0.141. The summed E-state index contributed by atoms with van der Waals surface area (Å²) < 4.78 is 1.40. The molecule has 0 amide bonds. The molecule has 2 aliphatic rings. The summed E-state index contributed by atoms with van der Waals surface area (Å²) in [7, 11) is 1.77. The number of nitrogens with zero attached hydrogens (tertiary/aromatic N) is 4. The highest BCUT2D eigenvalue weighted by Crippen LogP contribution is 2.29. The molecule has 10 nitrogen and oxygen atoms in total. The van der Waals surface area contributed by atoms with Crippen molar-refractivity contribution in [1.82, 2.24) is 14.9 Å².